The molecule has 80 valence electrons. The maximum absolute atomic E-state index is 11.5. The fourth-order valence-electron chi connectivity index (χ4n) is 2.22. The molecule has 2 heteroatoms. The number of allylic oxidation sites excluding steroid dienone is 2. The smallest absolute Gasteiger partial charge is 0.158 e. The molecular weight excluding hydrogens is 176 g/mol. The third-order valence-electron chi connectivity index (χ3n) is 3.25. The number of Topliss-reactive ketones (excluding diaryl/α,β-unsaturated/α-hetero) is 1. The summed E-state index contributed by atoms with van der Waals surface area (Å²) in [6.07, 6.45) is 3.26. The Balaban J connectivity index is 2.90. The molecule has 1 aliphatic rings. The van der Waals surface area contributed by atoms with Crippen LogP contribution < -0.4 is 0 Å². The normalized spacial score (nSPS) is 21.6. The molecule has 0 aromatic rings. The molecule has 0 aliphatic heterocycles. The van der Waals surface area contributed by atoms with Gasteiger partial charge in [-0.3, -0.25) is 4.79 Å². The minimum atomic E-state index is 0.146. The van der Waals surface area contributed by atoms with Crippen LogP contribution in [-0.2, 0) is 4.79 Å². The van der Waals surface area contributed by atoms with Crippen LogP contribution in [0.4, 0.5) is 0 Å². The van der Waals surface area contributed by atoms with E-state index in [4.69, 9.17) is 5.11 Å². The van der Waals surface area contributed by atoms with Gasteiger partial charge in [0.25, 0.3) is 0 Å². The third-order valence-corrected chi connectivity index (χ3v) is 3.25. The molecule has 0 unspecified atom stereocenters. The number of aliphatic hydroxyl groups is 1. The van der Waals surface area contributed by atoms with Crippen molar-refractivity contribution in [1.29, 1.82) is 0 Å². The number of rotatable bonds is 3. The van der Waals surface area contributed by atoms with Crippen molar-refractivity contribution in [1.82, 2.24) is 0 Å². The lowest BCUT2D eigenvalue weighted by Gasteiger charge is -2.33. The van der Waals surface area contributed by atoms with Crippen LogP contribution in [0, 0.1) is 5.41 Å². The highest BCUT2D eigenvalue weighted by atomic mass is 16.2. The predicted octanol–water partition coefficient (Wildman–Crippen LogP) is 2.46. The standard InChI is InChI=1S/C12H20O2/c1-9-10(5-4-8-13)12(2,3)7-6-11(9)14/h13H,4-8H2,1-3H3. The van der Waals surface area contributed by atoms with E-state index in [0.717, 1.165) is 24.8 Å². The van der Waals surface area contributed by atoms with Gasteiger partial charge in [0.05, 0.1) is 0 Å². The Bertz CT molecular complexity index is 261. The highest BCUT2D eigenvalue weighted by Gasteiger charge is 2.31. The van der Waals surface area contributed by atoms with Gasteiger partial charge in [0.15, 0.2) is 5.78 Å². The van der Waals surface area contributed by atoms with Crippen molar-refractivity contribution in [3.63, 3.8) is 0 Å². The summed E-state index contributed by atoms with van der Waals surface area (Å²) in [4.78, 5) is 11.5. The Hall–Kier alpha value is -0.630. The average molecular weight is 196 g/mol. The first kappa shape index (κ1) is 11.4. The van der Waals surface area contributed by atoms with E-state index in [-0.39, 0.29) is 17.8 Å². The first-order valence-corrected chi connectivity index (χ1v) is 5.33. The molecule has 1 N–H and O–H groups in total. The van der Waals surface area contributed by atoms with Crippen LogP contribution in [0.25, 0.3) is 0 Å². The van der Waals surface area contributed by atoms with E-state index in [0.29, 0.717) is 6.42 Å². The van der Waals surface area contributed by atoms with Crippen molar-refractivity contribution in [2.24, 2.45) is 5.41 Å². The maximum Gasteiger partial charge on any atom is 0.158 e. The van der Waals surface area contributed by atoms with Crippen LogP contribution in [0.15, 0.2) is 11.1 Å². The Morgan fingerprint density at radius 1 is 1.43 bits per heavy atom. The third kappa shape index (κ3) is 2.24. The van der Waals surface area contributed by atoms with Crippen LogP contribution >= 0.6 is 0 Å². The monoisotopic (exact) mass is 196 g/mol. The van der Waals surface area contributed by atoms with E-state index in [1.165, 1.54) is 5.57 Å². The molecule has 1 rings (SSSR count). The van der Waals surface area contributed by atoms with Gasteiger partial charge >= 0.3 is 0 Å². The predicted molar refractivity (Wildman–Crippen MR) is 57.0 cm³/mol. The van der Waals surface area contributed by atoms with Crippen LogP contribution in [0.2, 0.25) is 0 Å². The van der Waals surface area contributed by atoms with E-state index >= 15 is 0 Å². The fraction of sp³-hybridized carbons (Fsp3) is 0.750. The van der Waals surface area contributed by atoms with Gasteiger partial charge in [0, 0.05) is 13.0 Å². The molecule has 14 heavy (non-hydrogen) atoms. The average Bonchev–Trinajstić information content (AvgIpc) is 2.12. The van der Waals surface area contributed by atoms with Crippen LogP contribution in [-0.4, -0.2) is 17.5 Å². The summed E-state index contributed by atoms with van der Waals surface area (Å²) in [5.74, 6) is 0.289. The molecule has 0 fully saturated rings. The SMILES string of the molecule is CC1=C(CCCO)C(C)(C)CCC1=O. The van der Waals surface area contributed by atoms with Gasteiger partial charge in [-0.25, -0.2) is 0 Å². The highest BCUT2D eigenvalue weighted by Crippen LogP contribution is 2.40. The molecule has 0 amide bonds. The molecule has 2 nitrogen and oxygen atoms in total. The second-order valence-corrected chi connectivity index (χ2v) is 4.74. The number of carbonyl (C=O) groups is 1. The van der Waals surface area contributed by atoms with Gasteiger partial charge in [0.1, 0.15) is 0 Å². The molecule has 0 saturated heterocycles. The summed E-state index contributed by atoms with van der Waals surface area (Å²) in [6, 6.07) is 0. The topological polar surface area (TPSA) is 37.3 Å². The molecule has 1 aliphatic carbocycles. The first-order valence-electron chi connectivity index (χ1n) is 5.33. The summed E-state index contributed by atoms with van der Waals surface area (Å²) in [5.41, 5.74) is 2.34. The van der Waals surface area contributed by atoms with Gasteiger partial charge in [-0.15, -0.1) is 0 Å². The largest absolute Gasteiger partial charge is 0.396 e. The van der Waals surface area contributed by atoms with Gasteiger partial charge < -0.3 is 5.11 Å². The second-order valence-electron chi connectivity index (χ2n) is 4.74. The summed E-state index contributed by atoms with van der Waals surface area (Å²) >= 11 is 0. The van der Waals surface area contributed by atoms with Crippen LogP contribution in [0.3, 0.4) is 0 Å². The molecule has 0 bridgehead atoms. The number of aliphatic hydroxyl groups excluding tert-OH is 1. The lowest BCUT2D eigenvalue weighted by Crippen LogP contribution is -2.25. The highest BCUT2D eigenvalue weighted by molar-refractivity contribution is 5.96. The molecule has 0 atom stereocenters. The van der Waals surface area contributed by atoms with Crippen molar-refractivity contribution >= 4 is 5.78 Å². The zero-order valence-corrected chi connectivity index (χ0v) is 9.39. The van der Waals surface area contributed by atoms with Crippen molar-refractivity contribution < 1.29 is 9.90 Å². The zero-order valence-electron chi connectivity index (χ0n) is 9.39. The quantitative estimate of drug-likeness (QED) is 0.753. The van der Waals surface area contributed by atoms with E-state index in [1.54, 1.807) is 0 Å². The summed E-state index contributed by atoms with van der Waals surface area (Å²) in [6.45, 7) is 6.52. The Morgan fingerprint density at radius 2 is 2.07 bits per heavy atom. The second kappa shape index (κ2) is 4.26. The summed E-state index contributed by atoms with van der Waals surface area (Å²) in [7, 11) is 0. The van der Waals surface area contributed by atoms with Gasteiger partial charge in [-0.2, -0.15) is 0 Å². The number of ketones is 1. The minimum absolute atomic E-state index is 0.146. The Morgan fingerprint density at radius 3 is 2.64 bits per heavy atom. The molecule has 0 saturated carbocycles. The molecular formula is C12H20O2. The van der Waals surface area contributed by atoms with Crippen molar-refractivity contribution in [2.75, 3.05) is 6.61 Å². The molecule has 0 spiro atoms. The van der Waals surface area contributed by atoms with E-state index < -0.39 is 0 Å². The van der Waals surface area contributed by atoms with Crippen molar-refractivity contribution in [3.05, 3.63) is 11.1 Å². The van der Waals surface area contributed by atoms with Gasteiger partial charge in [0.2, 0.25) is 0 Å². The number of hydrogen-bond acceptors (Lipinski definition) is 2. The lowest BCUT2D eigenvalue weighted by molar-refractivity contribution is -0.116. The first-order chi connectivity index (χ1) is 6.49. The van der Waals surface area contributed by atoms with Crippen molar-refractivity contribution in [2.45, 2.75) is 46.5 Å². The zero-order chi connectivity index (χ0) is 10.8. The molecule has 0 radical (unpaired) electrons. The summed E-state index contributed by atoms with van der Waals surface area (Å²) < 4.78 is 0. The van der Waals surface area contributed by atoms with Gasteiger partial charge in [-0.05, 0) is 37.2 Å². The maximum atomic E-state index is 11.5. The Labute approximate surface area is 86.0 Å². The van der Waals surface area contributed by atoms with E-state index in [2.05, 4.69) is 13.8 Å². The van der Waals surface area contributed by atoms with E-state index in [9.17, 15) is 4.79 Å². The van der Waals surface area contributed by atoms with Gasteiger partial charge in [-0.1, -0.05) is 19.4 Å². The Kier molecular flexibility index (Phi) is 3.48. The molecule has 0 aromatic heterocycles. The van der Waals surface area contributed by atoms with Crippen molar-refractivity contribution in [3.8, 4) is 0 Å². The summed E-state index contributed by atoms with van der Waals surface area (Å²) in [5, 5.41) is 8.81. The van der Waals surface area contributed by atoms with Crippen LogP contribution in [0.5, 0.6) is 0 Å². The van der Waals surface area contributed by atoms with Crippen LogP contribution in [0.1, 0.15) is 46.5 Å². The lowest BCUT2D eigenvalue weighted by atomic mass is 9.71. The fourth-order valence-corrected chi connectivity index (χ4v) is 2.22. The molecule has 0 aromatic carbocycles. The number of hydrogen-bond donors (Lipinski definition) is 1. The minimum Gasteiger partial charge on any atom is -0.396 e. The molecule has 0 heterocycles. The van der Waals surface area contributed by atoms with E-state index in [1.807, 2.05) is 6.92 Å². The number of carbonyl (C=O) groups excluding carboxylic acids is 1.